The summed E-state index contributed by atoms with van der Waals surface area (Å²) in [7, 11) is 0. The summed E-state index contributed by atoms with van der Waals surface area (Å²) in [6.07, 6.45) is 4.51. The van der Waals surface area contributed by atoms with E-state index in [9.17, 15) is 17.6 Å². The Morgan fingerprint density at radius 3 is 1.56 bits per heavy atom. The summed E-state index contributed by atoms with van der Waals surface area (Å²) in [5, 5.41) is 5.48. The van der Waals surface area contributed by atoms with Gasteiger partial charge in [-0.3, -0.25) is 0 Å². The SMILES string of the molecule is C=P(c1ccc(F)c(F)c1)(c1ccc(F)c(F)c1)c1cc2ccccc2c2ccccc12. The molecule has 0 bridgehead atoms. The number of rotatable bonds is 3. The highest BCUT2D eigenvalue weighted by Gasteiger charge is 2.27. The molecule has 0 aromatic heterocycles. The molecule has 0 N–H and O–H groups in total. The van der Waals surface area contributed by atoms with Crippen molar-refractivity contribution in [2.24, 2.45) is 0 Å². The normalized spacial score (nSPS) is 11.9. The van der Waals surface area contributed by atoms with Gasteiger partial charge in [0.25, 0.3) is 0 Å². The smallest absolute Gasteiger partial charge is 0.159 e. The number of hydrogen-bond donors (Lipinski definition) is 0. The van der Waals surface area contributed by atoms with Crippen LogP contribution in [0.2, 0.25) is 0 Å². The summed E-state index contributed by atoms with van der Waals surface area (Å²) in [6, 6.07) is 24.8. The van der Waals surface area contributed by atoms with Crippen molar-refractivity contribution < 1.29 is 17.6 Å². The Kier molecular flexibility index (Phi) is 4.91. The molecule has 5 aromatic rings. The zero-order chi connectivity index (χ0) is 22.5. The molecule has 0 aliphatic heterocycles. The Morgan fingerprint density at radius 1 is 0.500 bits per heavy atom. The van der Waals surface area contributed by atoms with Gasteiger partial charge in [0.15, 0.2) is 23.3 Å². The lowest BCUT2D eigenvalue weighted by Crippen LogP contribution is -2.27. The van der Waals surface area contributed by atoms with E-state index in [-0.39, 0.29) is 0 Å². The van der Waals surface area contributed by atoms with Crippen LogP contribution in [0.3, 0.4) is 0 Å². The first-order valence-corrected chi connectivity index (χ1v) is 11.9. The molecule has 0 aliphatic rings. The molecule has 0 unspecified atom stereocenters. The second kappa shape index (κ2) is 7.65. The van der Waals surface area contributed by atoms with Crippen molar-refractivity contribution in [3.8, 4) is 0 Å². The maximum absolute atomic E-state index is 14.3. The summed E-state index contributed by atoms with van der Waals surface area (Å²) in [4.78, 5) is 0. The van der Waals surface area contributed by atoms with Crippen LogP contribution in [0.1, 0.15) is 0 Å². The molecule has 0 saturated heterocycles. The predicted molar refractivity (Wildman–Crippen MR) is 127 cm³/mol. The van der Waals surface area contributed by atoms with Gasteiger partial charge >= 0.3 is 0 Å². The monoisotopic (exact) mass is 448 g/mol. The largest absolute Gasteiger partial charge is 0.204 e. The molecule has 0 amide bonds. The maximum Gasteiger partial charge on any atom is 0.159 e. The van der Waals surface area contributed by atoms with Crippen molar-refractivity contribution >= 4 is 50.6 Å². The standard InChI is InChI=1S/C27H17F4P/c1-32(18-10-12-23(28)25(30)15-18,19-11-13-24(29)26(31)16-19)27-14-17-6-2-3-7-20(17)21-8-4-5-9-22(21)27/h2-16H,1H2. The van der Waals surface area contributed by atoms with Crippen LogP contribution < -0.4 is 15.9 Å². The van der Waals surface area contributed by atoms with Crippen LogP contribution in [0.25, 0.3) is 21.5 Å². The fourth-order valence-electron chi connectivity index (χ4n) is 4.22. The molecule has 0 aliphatic carbocycles. The van der Waals surface area contributed by atoms with Crippen LogP contribution in [-0.4, -0.2) is 6.30 Å². The molecular weight excluding hydrogens is 431 g/mol. The van der Waals surface area contributed by atoms with Crippen molar-refractivity contribution in [2.75, 3.05) is 0 Å². The topological polar surface area (TPSA) is 0 Å². The van der Waals surface area contributed by atoms with Gasteiger partial charge in [-0.25, -0.2) is 17.6 Å². The molecule has 0 saturated carbocycles. The minimum absolute atomic E-state index is 0.433. The predicted octanol–water partition coefficient (Wildman–Crippen LogP) is 6.28. The van der Waals surface area contributed by atoms with Crippen molar-refractivity contribution in [3.05, 3.63) is 114 Å². The van der Waals surface area contributed by atoms with E-state index in [1.807, 2.05) is 54.6 Å². The van der Waals surface area contributed by atoms with E-state index in [0.29, 0.717) is 10.6 Å². The molecule has 0 spiro atoms. The van der Waals surface area contributed by atoms with Gasteiger partial charge in [-0.2, -0.15) is 0 Å². The second-order valence-corrected chi connectivity index (χ2v) is 10.8. The molecule has 0 fully saturated rings. The molecule has 0 heterocycles. The Labute approximate surface area is 182 Å². The van der Waals surface area contributed by atoms with Gasteiger partial charge in [0.2, 0.25) is 0 Å². The van der Waals surface area contributed by atoms with E-state index in [2.05, 4.69) is 6.30 Å². The van der Waals surface area contributed by atoms with Crippen LogP contribution in [-0.2, 0) is 0 Å². The Bertz CT molecular complexity index is 1500. The quantitative estimate of drug-likeness (QED) is 0.173. The lowest BCUT2D eigenvalue weighted by molar-refractivity contribution is 0.509. The Balaban J connectivity index is 1.95. The highest BCUT2D eigenvalue weighted by molar-refractivity contribution is 7.93. The molecular formula is C27H17F4P. The van der Waals surface area contributed by atoms with Crippen molar-refractivity contribution in [3.63, 3.8) is 0 Å². The van der Waals surface area contributed by atoms with E-state index in [4.69, 9.17) is 0 Å². The molecule has 158 valence electrons. The average Bonchev–Trinajstić information content (AvgIpc) is 2.81. The highest BCUT2D eigenvalue weighted by atomic mass is 31.2. The number of fused-ring (bicyclic) bond motifs is 3. The fourth-order valence-corrected chi connectivity index (χ4v) is 7.37. The van der Waals surface area contributed by atoms with Gasteiger partial charge < -0.3 is 0 Å². The highest BCUT2D eigenvalue weighted by Crippen LogP contribution is 2.45. The van der Waals surface area contributed by atoms with Crippen molar-refractivity contribution in [1.29, 1.82) is 0 Å². The summed E-state index contributed by atoms with van der Waals surface area (Å²) in [5.41, 5.74) is 0. The third kappa shape index (κ3) is 3.14. The summed E-state index contributed by atoms with van der Waals surface area (Å²) < 4.78 is 56.2. The summed E-state index contributed by atoms with van der Waals surface area (Å²) >= 11 is 0. The molecule has 5 aromatic carbocycles. The van der Waals surface area contributed by atoms with Gasteiger partial charge in [-0.1, -0.05) is 67.0 Å². The fraction of sp³-hybridized carbons (Fsp3) is 0. The Hall–Kier alpha value is -3.36. The molecule has 0 atom stereocenters. The zero-order valence-electron chi connectivity index (χ0n) is 16.8. The minimum Gasteiger partial charge on any atom is -0.204 e. The van der Waals surface area contributed by atoms with E-state index in [1.165, 1.54) is 12.1 Å². The van der Waals surface area contributed by atoms with E-state index < -0.39 is 30.2 Å². The molecule has 0 nitrogen and oxygen atoms in total. The van der Waals surface area contributed by atoms with Gasteiger partial charge in [0, 0.05) is 0 Å². The molecule has 0 radical (unpaired) electrons. The lowest BCUT2D eigenvalue weighted by atomic mass is 10.0. The first-order chi connectivity index (χ1) is 15.4. The average molecular weight is 448 g/mol. The van der Waals surface area contributed by atoms with Crippen LogP contribution in [0.5, 0.6) is 0 Å². The van der Waals surface area contributed by atoms with E-state index in [1.54, 1.807) is 0 Å². The Morgan fingerprint density at radius 2 is 1.00 bits per heavy atom. The number of benzene rings is 5. The molecule has 5 rings (SSSR count). The van der Waals surface area contributed by atoms with Gasteiger partial charge in [0.05, 0.1) is 0 Å². The van der Waals surface area contributed by atoms with Crippen molar-refractivity contribution in [1.82, 2.24) is 0 Å². The maximum atomic E-state index is 14.3. The van der Waals surface area contributed by atoms with Gasteiger partial charge in [0.1, 0.15) is 0 Å². The van der Waals surface area contributed by atoms with Crippen LogP contribution in [0.15, 0.2) is 91.0 Å². The number of hydrogen-bond acceptors (Lipinski definition) is 0. The third-order valence-corrected chi connectivity index (χ3v) is 9.36. The molecule has 32 heavy (non-hydrogen) atoms. The van der Waals surface area contributed by atoms with E-state index >= 15 is 0 Å². The van der Waals surface area contributed by atoms with Crippen molar-refractivity contribution in [2.45, 2.75) is 0 Å². The van der Waals surface area contributed by atoms with Gasteiger partial charge in [-0.05, 0) is 74.7 Å². The zero-order valence-corrected chi connectivity index (χ0v) is 17.7. The minimum atomic E-state index is -2.93. The first kappa shape index (κ1) is 20.5. The number of halogens is 4. The van der Waals surface area contributed by atoms with Crippen LogP contribution in [0.4, 0.5) is 17.6 Å². The summed E-state index contributed by atoms with van der Waals surface area (Å²) in [6.45, 7) is -2.93. The molecule has 5 heteroatoms. The third-order valence-electron chi connectivity index (χ3n) is 5.85. The summed E-state index contributed by atoms with van der Waals surface area (Å²) in [5.74, 6) is -3.98. The van der Waals surface area contributed by atoms with Gasteiger partial charge in [-0.15, -0.1) is 0 Å². The second-order valence-electron chi connectivity index (χ2n) is 7.67. The first-order valence-electron chi connectivity index (χ1n) is 9.95. The van der Waals surface area contributed by atoms with Crippen LogP contribution in [0, 0.1) is 23.3 Å². The van der Waals surface area contributed by atoms with Crippen LogP contribution >= 0.6 is 6.89 Å². The lowest BCUT2D eigenvalue weighted by Gasteiger charge is -2.29. The van der Waals surface area contributed by atoms with E-state index in [0.717, 1.165) is 51.1 Å².